The SMILES string of the molecule is CC(CCNC(=O)c1cc(Br)cnc1NN)S(C)=O. The largest absolute Gasteiger partial charge is 0.352 e. The smallest absolute Gasteiger partial charge is 0.255 e. The van der Waals surface area contributed by atoms with E-state index in [9.17, 15) is 9.00 Å². The number of hydrogen-bond acceptors (Lipinski definition) is 5. The molecule has 0 spiro atoms. The van der Waals surface area contributed by atoms with E-state index in [1.165, 1.54) is 0 Å². The second kappa shape index (κ2) is 7.56. The van der Waals surface area contributed by atoms with Gasteiger partial charge in [-0.25, -0.2) is 10.8 Å². The number of aromatic nitrogens is 1. The fourth-order valence-corrected chi connectivity index (χ4v) is 2.16. The fourth-order valence-electron chi connectivity index (χ4n) is 1.38. The summed E-state index contributed by atoms with van der Waals surface area (Å²) in [6, 6.07) is 1.64. The van der Waals surface area contributed by atoms with Gasteiger partial charge in [0.1, 0.15) is 0 Å². The van der Waals surface area contributed by atoms with Crippen molar-refractivity contribution in [1.29, 1.82) is 0 Å². The predicted molar refractivity (Wildman–Crippen MR) is 80.2 cm³/mol. The Kier molecular flexibility index (Phi) is 6.40. The monoisotopic (exact) mass is 348 g/mol. The molecule has 1 aromatic rings. The van der Waals surface area contributed by atoms with Gasteiger partial charge in [0.25, 0.3) is 5.91 Å². The standard InChI is InChI=1S/C11H17BrN4O2S/c1-7(19(2)18)3-4-14-11(17)9-5-8(12)6-15-10(9)16-13/h5-7H,3-4,13H2,1-2H3,(H,14,17)(H,15,16). The number of pyridine rings is 1. The second-order valence-electron chi connectivity index (χ2n) is 4.05. The van der Waals surface area contributed by atoms with Crippen molar-refractivity contribution >= 4 is 38.5 Å². The van der Waals surface area contributed by atoms with Crippen LogP contribution in [0.3, 0.4) is 0 Å². The van der Waals surface area contributed by atoms with Crippen molar-refractivity contribution in [2.24, 2.45) is 5.84 Å². The molecule has 0 aliphatic heterocycles. The molecule has 0 aliphatic carbocycles. The van der Waals surface area contributed by atoms with Gasteiger partial charge in [0.2, 0.25) is 0 Å². The summed E-state index contributed by atoms with van der Waals surface area (Å²) in [5, 5.41) is 2.81. The van der Waals surface area contributed by atoms with Crippen LogP contribution >= 0.6 is 15.9 Å². The van der Waals surface area contributed by atoms with Gasteiger partial charge in [-0.1, -0.05) is 6.92 Å². The first kappa shape index (κ1) is 16.1. The first-order chi connectivity index (χ1) is 8.95. The van der Waals surface area contributed by atoms with Gasteiger partial charge in [-0.2, -0.15) is 0 Å². The van der Waals surface area contributed by atoms with E-state index in [1.54, 1.807) is 18.5 Å². The lowest BCUT2D eigenvalue weighted by molar-refractivity contribution is 0.0953. The number of rotatable bonds is 6. The molecule has 1 amide bonds. The molecule has 0 fully saturated rings. The lowest BCUT2D eigenvalue weighted by atomic mass is 10.2. The predicted octanol–water partition coefficient (Wildman–Crippen LogP) is 1.02. The van der Waals surface area contributed by atoms with Crippen LogP contribution in [0.25, 0.3) is 0 Å². The second-order valence-corrected chi connectivity index (χ2v) is 6.77. The number of hydrogen-bond donors (Lipinski definition) is 3. The summed E-state index contributed by atoms with van der Waals surface area (Å²) in [5.41, 5.74) is 2.74. The van der Waals surface area contributed by atoms with Crippen LogP contribution in [0.2, 0.25) is 0 Å². The van der Waals surface area contributed by atoms with Crippen LogP contribution in [-0.4, -0.2) is 33.2 Å². The number of nitrogens with zero attached hydrogens (tertiary/aromatic N) is 1. The molecule has 1 heterocycles. The number of nitrogen functional groups attached to an aromatic ring is 1. The van der Waals surface area contributed by atoms with Crippen molar-refractivity contribution in [3.05, 3.63) is 22.3 Å². The van der Waals surface area contributed by atoms with Crippen LogP contribution in [0.4, 0.5) is 5.82 Å². The van der Waals surface area contributed by atoms with E-state index < -0.39 is 10.8 Å². The zero-order chi connectivity index (χ0) is 14.4. The zero-order valence-corrected chi connectivity index (χ0v) is 13.2. The molecular formula is C11H17BrN4O2S. The topological polar surface area (TPSA) is 97.1 Å². The van der Waals surface area contributed by atoms with E-state index in [2.05, 4.69) is 31.7 Å². The molecule has 0 saturated heterocycles. The Hall–Kier alpha value is -0.990. The maximum absolute atomic E-state index is 12.0. The first-order valence-corrected chi connectivity index (χ1v) is 8.09. The third-order valence-corrected chi connectivity index (χ3v) is 4.44. The summed E-state index contributed by atoms with van der Waals surface area (Å²) < 4.78 is 11.9. The van der Waals surface area contributed by atoms with Crippen LogP contribution in [0.15, 0.2) is 16.7 Å². The van der Waals surface area contributed by atoms with Gasteiger partial charge in [0.15, 0.2) is 5.82 Å². The number of nitrogens with two attached hydrogens (primary N) is 1. The summed E-state index contributed by atoms with van der Waals surface area (Å²) in [7, 11) is -0.883. The lowest BCUT2D eigenvalue weighted by Crippen LogP contribution is -2.29. The number of anilines is 1. The number of carbonyl (C=O) groups is 1. The van der Waals surface area contributed by atoms with Gasteiger partial charge in [-0.3, -0.25) is 9.00 Å². The maximum atomic E-state index is 12.0. The van der Waals surface area contributed by atoms with E-state index in [1.807, 2.05) is 6.92 Å². The molecule has 106 valence electrons. The molecule has 19 heavy (non-hydrogen) atoms. The molecule has 2 unspecified atom stereocenters. The van der Waals surface area contributed by atoms with Crippen LogP contribution in [-0.2, 0) is 10.8 Å². The number of nitrogens with one attached hydrogen (secondary N) is 2. The average Bonchev–Trinajstić information content (AvgIpc) is 2.38. The highest BCUT2D eigenvalue weighted by Crippen LogP contribution is 2.17. The normalized spacial score (nSPS) is 13.7. The van der Waals surface area contributed by atoms with Crippen molar-refractivity contribution in [2.45, 2.75) is 18.6 Å². The molecule has 0 saturated carbocycles. The number of carbonyl (C=O) groups excluding carboxylic acids is 1. The van der Waals surface area contributed by atoms with Crippen molar-refractivity contribution in [2.75, 3.05) is 18.2 Å². The fraction of sp³-hybridized carbons (Fsp3) is 0.455. The molecule has 0 radical (unpaired) electrons. The zero-order valence-electron chi connectivity index (χ0n) is 10.8. The molecule has 8 heteroatoms. The quantitative estimate of drug-likeness (QED) is 0.526. The average molecular weight is 349 g/mol. The third-order valence-electron chi connectivity index (χ3n) is 2.64. The summed E-state index contributed by atoms with van der Waals surface area (Å²) in [5.74, 6) is 5.35. The van der Waals surface area contributed by atoms with Crippen molar-refractivity contribution in [3.8, 4) is 0 Å². The summed E-state index contributed by atoms with van der Waals surface area (Å²) in [6.07, 6.45) is 3.86. The molecule has 0 bridgehead atoms. The Labute approximate surface area is 123 Å². The number of hydrazine groups is 1. The lowest BCUT2D eigenvalue weighted by Gasteiger charge is -2.11. The summed E-state index contributed by atoms with van der Waals surface area (Å²) in [6.45, 7) is 2.34. The Morgan fingerprint density at radius 3 is 2.89 bits per heavy atom. The highest BCUT2D eigenvalue weighted by molar-refractivity contribution is 9.10. The maximum Gasteiger partial charge on any atom is 0.255 e. The molecule has 2 atom stereocenters. The van der Waals surface area contributed by atoms with Crippen LogP contribution < -0.4 is 16.6 Å². The van der Waals surface area contributed by atoms with Gasteiger partial charge < -0.3 is 10.7 Å². The van der Waals surface area contributed by atoms with Gasteiger partial charge in [0, 0.05) is 39.5 Å². The first-order valence-electron chi connectivity index (χ1n) is 5.68. The van der Waals surface area contributed by atoms with Crippen LogP contribution in [0.1, 0.15) is 23.7 Å². The number of halogens is 1. The molecule has 6 nitrogen and oxygen atoms in total. The highest BCUT2D eigenvalue weighted by atomic mass is 79.9. The Morgan fingerprint density at radius 2 is 2.32 bits per heavy atom. The Balaban J connectivity index is 2.63. The summed E-state index contributed by atoms with van der Waals surface area (Å²) in [4.78, 5) is 16.0. The van der Waals surface area contributed by atoms with Crippen molar-refractivity contribution in [1.82, 2.24) is 10.3 Å². The Bertz CT molecular complexity index is 484. The molecular weight excluding hydrogens is 332 g/mol. The summed E-state index contributed by atoms with van der Waals surface area (Å²) >= 11 is 3.25. The molecule has 4 N–H and O–H groups in total. The number of amides is 1. The van der Waals surface area contributed by atoms with E-state index >= 15 is 0 Å². The minimum absolute atomic E-state index is 0.0491. The molecule has 0 aromatic carbocycles. The van der Waals surface area contributed by atoms with Crippen molar-refractivity contribution < 1.29 is 9.00 Å². The van der Waals surface area contributed by atoms with Gasteiger partial charge in [-0.15, -0.1) is 0 Å². The molecule has 1 rings (SSSR count). The molecule has 1 aromatic heterocycles. The third kappa shape index (κ3) is 4.88. The minimum atomic E-state index is -0.883. The van der Waals surface area contributed by atoms with E-state index in [0.29, 0.717) is 28.8 Å². The van der Waals surface area contributed by atoms with E-state index in [4.69, 9.17) is 5.84 Å². The molecule has 0 aliphatic rings. The van der Waals surface area contributed by atoms with Crippen LogP contribution in [0, 0.1) is 0 Å². The van der Waals surface area contributed by atoms with Crippen molar-refractivity contribution in [3.63, 3.8) is 0 Å². The van der Waals surface area contributed by atoms with E-state index in [0.717, 1.165) is 0 Å². The van der Waals surface area contributed by atoms with Gasteiger partial charge in [-0.05, 0) is 28.4 Å². The van der Waals surface area contributed by atoms with Crippen LogP contribution in [0.5, 0.6) is 0 Å². The van der Waals surface area contributed by atoms with Gasteiger partial charge in [0.05, 0.1) is 5.56 Å². The minimum Gasteiger partial charge on any atom is -0.352 e. The van der Waals surface area contributed by atoms with E-state index in [-0.39, 0.29) is 11.2 Å². The van der Waals surface area contributed by atoms with Gasteiger partial charge >= 0.3 is 0 Å². The highest BCUT2D eigenvalue weighted by Gasteiger charge is 2.13. The Morgan fingerprint density at radius 1 is 1.63 bits per heavy atom.